The van der Waals surface area contributed by atoms with Crippen molar-refractivity contribution in [1.29, 1.82) is 0 Å². The van der Waals surface area contributed by atoms with E-state index < -0.39 is 0 Å². The number of anilines is 2. The van der Waals surface area contributed by atoms with Crippen LogP contribution in [0.3, 0.4) is 0 Å². The lowest BCUT2D eigenvalue weighted by molar-refractivity contribution is -0.116. The Labute approximate surface area is 172 Å². The lowest BCUT2D eigenvalue weighted by Gasteiger charge is -2.18. The van der Waals surface area contributed by atoms with Crippen LogP contribution in [-0.4, -0.2) is 49.5 Å². The minimum atomic E-state index is -0.163. The van der Waals surface area contributed by atoms with Crippen molar-refractivity contribution in [1.82, 2.24) is 4.90 Å². The predicted octanol–water partition coefficient (Wildman–Crippen LogP) is 3.57. The lowest BCUT2D eigenvalue weighted by atomic mass is 10.1. The Morgan fingerprint density at radius 2 is 1.83 bits per heavy atom. The summed E-state index contributed by atoms with van der Waals surface area (Å²) < 4.78 is 5.78. The fourth-order valence-electron chi connectivity index (χ4n) is 3.54. The maximum absolute atomic E-state index is 12.6. The molecule has 0 unspecified atom stereocenters. The van der Waals surface area contributed by atoms with Crippen molar-refractivity contribution < 1.29 is 14.3 Å². The van der Waals surface area contributed by atoms with E-state index in [-0.39, 0.29) is 11.8 Å². The molecule has 1 aliphatic heterocycles. The number of carbonyl (C=O) groups excluding carboxylic acids is 2. The monoisotopic (exact) mass is 395 g/mol. The van der Waals surface area contributed by atoms with Gasteiger partial charge in [-0.05, 0) is 67.5 Å². The van der Waals surface area contributed by atoms with E-state index in [1.54, 1.807) is 17.9 Å². The van der Waals surface area contributed by atoms with Crippen LogP contribution in [0.25, 0.3) is 0 Å². The standard InChI is InChI=1S/C23H29N3O3/c1-4-25(5-2)14-15-29-21-9-7-20(8-10-21)24-23(28)19-6-11-22-18(16-19)12-13-26(22)17(3)27/h6-11,16H,4-5,12-15H2,1-3H3,(H,24,28). The van der Waals surface area contributed by atoms with Crippen LogP contribution >= 0.6 is 0 Å². The van der Waals surface area contributed by atoms with E-state index in [1.165, 1.54) is 0 Å². The molecular formula is C23H29N3O3. The third-order valence-electron chi connectivity index (χ3n) is 5.30. The van der Waals surface area contributed by atoms with Gasteiger partial charge in [-0.1, -0.05) is 13.8 Å². The van der Waals surface area contributed by atoms with Crippen molar-refractivity contribution in [3.8, 4) is 5.75 Å². The zero-order chi connectivity index (χ0) is 20.8. The zero-order valence-corrected chi connectivity index (χ0v) is 17.4. The van der Waals surface area contributed by atoms with E-state index in [2.05, 4.69) is 24.1 Å². The number of amides is 2. The number of likely N-dealkylation sites (N-methyl/N-ethyl adjacent to an activating group) is 1. The second kappa shape index (κ2) is 9.56. The number of hydrogen-bond donors (Lipinski definition) is 1. The highest BCUT2D eigenvalue weighted by atomic mass is 16.5. The van der Waals surface area contributed by atoms with Gasteiger partial charge in [0.25, 0.3) is 5.91 Å². The third kappa shape index (κ3) is 5.15. The van der Waals surface area contributed by atoms with Gasteiger partial charge in [-0.25, -0.2) is 0 Å². The molecule has 1 aliphatic rings. The molecule has 29 heavy (non-hydrogen) atoms. The summed E-state index contributed by atoms with van der Waals surface area (Å²) in [6, 6.07) is 12.9. The van der Waals surface area contributed by atoms with Crippen LogP contribution in [0.2, 0.25) is 0 Å². The fraction of sp³-hybridized carbons (Fsp3) is 0.391. The molecule has 2 amide bonds. The number of fused-ring (bicyclic) bond motifs is 1. The SMILES string of the molecule is CCN(CC)CCOc1ccc(NC(=O)c2ccc3c(c2)CCN3C(C)=O)cc1. The summed E-state index contributed by atoms with van der Waals surface area (Å²) >= 11 is 0. The van der Waals surface area contributed by atoms with Gasteiger partial charge >= 0.3 is 0 Å². The molecule has 0 aromatic heterocycles. The zero-order valence-electron chi connectivity index (χ0n) is 17.4. The Bertz CT molecular complexity index is 860. The normalized spacial score (nSPS) is 12.8. The molecule has 0 radical (unpaired) electrons. The van der Waals surface area contributed by atoms with Gasteiger partial charge in [0.05, 0.1) is 0 Å². The first-order chi connectivity index (χ1) is 14.0. The molecule has 2 aromatic carbocycles. The summed E-state index contributed by atoms with van der Waals surface area (Å²) in [5.41, 5.74) is 3.25. The molecule has 6 heteroatoms. The number of carbonyl (C=O) groups is 2. The summed E-state index contributed by atoms with van der Waals surface area (Å²) in [6.07, 6.45) is 0.773. The Kier molecular flexibility index (Phi) is 6.88. The maximum Gasteiger partial charge on any atom is 0.255 e. The van der Waals surface area contributed by atoms with Gasteiger partial charge in [-0.3, -0.25) is 9.59 Å². The smallest absolute Gasteiger partial charge is 0.255 e. The number of nitrogens with zero attached hydrogens (tertiary/aromatic N) is 2. The third-order valence-corrected chi connectivity index (χ3v) is 5.30. The van der Waals surface area contributed by atoms with Crippen LogP contribution in [-0.2, 0) is 11.2 Å². The molecule has 2 aromatic rings. The molecule has 1 N–H and O–H groups in total. The fourth-order valence-corrected chi connectivity index (χ4v) is 3.54. The molecule has 1 heterocycles. The number of benzene rings is 2. The first-order valence-corrected chi connectivity index (χ1v) is 10.2. The highest BCUT2D eigenvalue weighted by molar-refractivity contribution is 6.05. The molecule has 6 nitrogen and oxygen atoms in total. The van der Waals surface area contributed by atoms with Crippen LogP contribution in [0, 0.1) is 0 Å². The summed E-state index contributed by atoms with van der Waals surface area (Å²) in [4.78, 5) is 28.3. The Hall–Kier alpha value is -2.86. The number of hydrogen-bond acceptors (Lipinski definition) is 4. The summed E-state index contributed by atoms with van der Waals surface area (Å²) in [5, 5.41) is 2.92. The summed E-state index contributed by atoms with van der Waals surface area (Å²) in [5.74, 6) is 0.654. The molecule has 0 fully saturated rings. The van der Waals surface area contributed by atoms with Crippen molar-refractivity contribution in [2.75, 3.05) is 43.0 Å². The van der Waals surface area contributed by atoms with Crippen LogP contribution in [0.15, 0.2) is 42.5 Å². The molecule has 0 saturated heterocycles. The Balaban J connectivity index is 1.56. The van der Waals surface area contributed by atoms with E-state index in [1.807, 2.05) is 36.4 Å². The minimum Gasteiger partial charge on any atom is -0.492 e. The van der Waals surface area contributed by atoms with Gasteiger partial charge in [0.1, 0.15) is 12.4 Å². The average Bonchev–Trinajstić information content (AvgIpc) is 3.16. The topological polar surface area (TPSA) is 61.9 Å². The van der Waals surface area contributed by atoms with Gasteiger partial charge in [-0.15, -0.1) is 0 Å². The summed E-state index contributed by atoms with van der Waals surface area (Å²) in [7, 11) is 0. The molecule has 3 rings (SSSR count). The molecule has 0 aliphatic carbocycles. The van der Waals surface area contributed by atoms with Gasteiger partial charge in [0.15, 0.2) is 0 Å². The van der Waals surface area contributed by atoms with Crippen molar-refractivity contribution in [2.24, 2.45) is 0 Å². The van der Waals surface area contributed by atoms with Gasteiger partial charge in [0.2, 0.25) is 5.91 Å². The number of ether oxygens (including phenoxy) is 1. The van der Waals surface area contributed by atoms with Crippen LogP contribution < -0.4 is 15.0 Å². The predicted molar refractivity (Wildman–Crippen MR) is 116 cm³/mol. The average molecular weight is 396 g/mol. The quantitative estimate of drug-likeness (QED) is 0.742. The number of rotatable bonds is 8. The maximum atomic E-state index is 12.6. The van der Waals surface area contributed by atoms with Crippen LogP contribution in [0.4, 0.5) is 11.4 Å². The second-order valence-electron chi connectivity index (χ2n) is 7.12. The highest BCUT2D eigenvalue weighted by Crippen LogP contribution is 2.29. The largest absolute Gasteiger partial charge is 0.492 e. The van der Waals surface area contributed by atoms with Crippen molar-refractivity contribution >= 4 is 23.2 Å². The highest BCUT2D eigenvalue weighted by Gasteiger charge is 2.23. The first kappa shape index (κ1) is 20.9. The Morgan fingerprint density at radius 3 is 2.48 bits per heavy atom. The van der Waals surface area contributed by atoms with Crippen molar-refractivity contribution in [2.45, 2.75) is 27.2 Å². The minimum absolute atomic E-state index is 0.0281. The van der Waals surface area contributed by atoms with E-state index in [0.717, 1.165) is 48.7 Å². The van der Waals surface area contributed by atoms with E-state index in [9.17, 15) is 9.59 Å². The summed E-state index contributed by atoms with van der Waals surface area (Å²) in [6.45, 7) is 10.1. The molecule has 154 valence electrons. The van der Waals surface area contributed by atoms with Gasteiger partial charge in [0, 0.05) is 37.0 Å². The van der Waals surface area contributed by atoms with Gasteiger partial charge < -0.3 is 19.9 Å². The first-order valence-electron chi connectivity index (χ1n) is 10.2. The van der Waals surface area contributed by atoms with E-state index >= 15 is 0 Å². The Morgan fingerprint density at radius 1 is 1.10 bits per heavy atom. The van der Waals surface area contributed by atoms with E-state index in [4.69, 9.17) is 4.74 Å². The van der Waals surface area contributed by atoms with Gasteiger partial charge in [-0.2, -0.15) is 0 Å². The molecule has 0 bridgehead atoms. The van der Waals surface area contributed by atoms with Crippen LogP contribution in [0.1, 0.15) is 36.7 Å². The second-order valence-corrected chi connectivity index (χ2v) is 7.12. The molecular weight excluding hydrogens is 366 g/mol. The molecule has 0 atom stereocenters. The lowest BCUT2D eigenvalue weighted by Crippen LogP contribution is -2.27. The van der Waals surface area contributed by atoms with Crippen molar-refractivity contribution in [3.63, 3.8) is 0 Å². The van der Waals surface area contributed by atoms with Crippen LogP contribution in [0.5, 0.6) is 5.75 Å². The van der Waals surface area contributed by atoms with E-state index in [0.29, 0.717) is 18.7 Å². The number of nitrogens with one attached hydrogen (secondary N) is 1. The molecule has 0 saturated carbocycles. The molecule has 0 spiro atoms. The van der Waals surface area contributed by atoms with Crippen molar-refractivity contribution in [3.05, 3.63) is 53.6 Å².